The normalized spacial score (nSPS) is 27.2. The molecule has 1 aromatic carbocycles. The van der Waals surface area contributed by atoms with E-state index in [2.05, 4.69) is 25.6 Å². The number of aromatic nitrogens is 4. The summed E-state index contributed by atoms with van der Waals surface area (Å²) in [5.74, 6) is 1.02. The number of piperidine rings is 1. The molecule has 0 spiro atoms. The van der Waals surface area contributed by atoms with Crippen molar-refractivity contribution in [1.29, 1.82) is 0 Å². The molecule has 1 saturated carbocycles. The molecule has 1 unspecified atom stereocenters. The van der Waals surface area contributed by atoms with Gasteiger partial charge in [0.2, 0.25) is 5.91 Å². The summed E-state index contributed by atoms with van der Waals surface area (Å²) in [6.45, 7) is 3.48. The number of tetrazole rings is 1. The van der Waals surface area contributed by atoms with Crippen LogP contribution in [0.2, 0.25) is 0 Å². The van der Waals surface area contributed by atoms with Gasteiger partial charge in [-0.3, -0.25) is 9.69 Å². The Balaban J connectivity index is 1.24. The van der Waals surface area contributed by atoms with Crippen LogP contribution in [0.1, 0.15) is 18.4 Å². The number of ether oxygens (including phenoxy) is 1. The molecule has 11 heteroatoms. The first-order valence-electron chi connectivity index (χ1n) is 9.91. The predicted octanol–water partition coefficient (Wildman–Crippen LogP) is 0.660. The van der Waals surface area contributed by atoms with Crippen molar-refractivity contribution in [3.63, 3.8) is 0 Å². The Bertz CT molecular complexity index is 1000. The summed E-state index contributed by atoms with van der Waals surface area (Å²) in [6.07, 6.45) is -0.986. The lowest BCUT2D eigenvalue weighted by molar-refractivity contribution is -0.119. The molecule has 2 saturated heterocycles. The average Bonchev–Trinajstić information content (AvgIpc) is 3.10. The third-order valence-corrected chi connectivity index (χ3v) is 6.08. The van der Waals surface area contributed by atoms with Crippen molar-refractivity contribution in [3.8, 4) is 0 Å². The highest BCUT2D eigenvalue weighted by Gasteiger charge is 2.57. The molecule has 3 heterocycles. The molecule has 1 N–H and O–H groups in total. The topological polar surface area (TPSA) is 105 Å². The van der Waals surface area contributed by atoms with E-state index in [0.29, 0.717) is 29.0 Å². The first kappa shape index (κ1) is 18.8. The molecular formula is C19H22FN7O3. The van der Waals surface area contributed by atoms with Crippen LogP contribution in [0.5, 0.6) is 0 Å². The van der Waals surface area contributed by atoms with Gasteiger partial charge in [-0.2, -0.15) is 4.80 Å². The van der Waals surface area contributed by atoms with Gasteiger partial charge in [0.25, 0.3) is 5.95 Å². The maximum Gasteiger partial charge on any atom is 0.414 e. The number of amides is 2. The van der Waals surface area contributed by atoms with Crippen molar-refractivity contribution >= 4 is 23.6 Å². The number of carbonyl (C=O) groups is 2. The van der Waals surface area contributed by atoms with Gasteiger partial charge in [0.15, 0.2) is 0 Å². The first-order valence-corrected chi connectivity index (χ1v) is 9.91. The number of nitrogens with zero attached hydrogens (tertiary/aromatic N) is 6. The van der Waals surface area contributed by atoms with Crippen molar-refractivity contribution in [3.05, 3.63) is 29.6 Å². The monoisotopic (exact) mass is 415 g/mol. The Labute approximate surface area is 172 Å². The smallest absolute Gasteiger partial charge is 0.414 e. The molecule has 2 amide bonds. The Hall–Kier alpha value is -3.24. The number of benzene rings is 1. The fourth-order valence-corrected chi connectivity index (χ4v) is 4.60. The van der Waals surface area contributed by atoms with E-state index in [-0.39, 0.29) is 30.7 Å². The number of aryl methyl sites for hydroxylation is 1. The summed E-state index contributed by atoms with van der Waals surface area (Å²) < 4.78 is 20.2. The van der Waals surface area contributed by atoms with Crippen molar-refractivity contribution < 1.29 is 18.7 Å². The van der Waals surface area contributed by atoms with Gasteiger partial charge in [0.05, 0.1) is 25.8 Å². The van der Waals surface area contributed by atoms with Crippen LogP contribution in [0.4, 0.5) is 20.8 Å². The summed E-state index contributed by atoms with van der Waals surface area (Å²) >= 11 is 0. The summed E-state index contributed by atoms with van der Waals surface area (Å²) in [6, 6.07) is 4.93. The molecule has 10 nitrogen and oxygen atoms in total. The van der Waals surface area contributed by atoms with E-state index < -0.39 is 12.2 Å². The van der Waals surface area contributed by atoms with Crippen LogP contribution >= 0.6 is 0 Å². The van der Waals surface area contributed by atoms with Gasteiger partial charge in [-0.05, 0) is 40.7 Å². The molecule has 1 aliphatic carbocycles. The summed E-state index contributed by atoms with van der Waals surface area (Å²) in [5, 5.41) is 14.8. The van der Waals surface area contributed by atoms with Gasteiger partial charge in [0, 0.05) is 20.0 Å². The Kier molecular flexibility index (Phi) is 4.33. The number of anilines is 2. The summed E-state index contributed by atoms with van der Waals surface area (Å²) in [5.41, 5.74) is 1.14. The number of fused-ring (bicyclic) bond motifs is 1. The molecular weight excluding hydrogens is 393 g/mol. The number of halogens is 1. The molecule has 30 heavy (non-hydrogen) atoms. The summed E-state index contributed by atoms with van der Waals surface area (Å²) in [4.78, 5) is 28.1. The lowest BCUT2D eigenvalue weighted by Crippen LogP contribution is -2.33. The van der Waals surface area contributed by atoms with Gasteiger partial charge < -0.3 is 15.0 Å². The second-order valence-electron chi connectivity index (χ2n) is 8.10. The van der Waals surface area contributed by atoms with E-state index in [0.717, 1.165) is 13.1 Å². The van der Waals surface area contributed by atoms with Crippen LogP contribution in [0.15, 0.2) is 18.2 Å². The zero-order valence-corrected chi connectivity index (χ0v) is 16.7. The zero-order chi connectivity index (χ0) is 21.0. The lowest BCUT2D eigenvalue weighted by atomic mass is 10.1. The number of nitrogens with one attached hydrogen (secondary N) is 1. The average molecular weight is 415 g/mol. The van der Waals surface area contributed by atoms with Crippen molar-refractivity contribution in [1.82, 2.24) is 25.5 Å². The highest BCUT2D eigenvalue weighted by atomic mass is 19.1. The molecule has 3 aliphatic rings. The first-order chi connectivity index (χ1) is 14.4. The Morgan fingerprint density at radius 3 is 2.70 bits per heavy atom. The van der Waals surface area contributed by atoms with E-state index in [4.69, 9.17) is 4.74 Å². The van der Waals surface area contributed by atoms with E-state index in [9.17, 15) is 14.0 Å². The maximum absolute atomic E-state index is 14.9. The van der Waals surface area contributed by atoms with E-state index in [1.165, 1.54) is 22.7 Å². The SMILES string of the molecule is CC(=O)NC[C@H]1CN(c2ccc(C3[C@H]4CN(c5nnn(C)n5)C[C@@H]34)c(F)c2)C(=O)O1. The fourth-order valence-electron chi connectivity index (χ4n) is 4.60. The predicted molar refractivity (Wildman–Crippen MR) is 103 cm³/mol. The van der Waals surface area contributed by atoms with Crippen molar-refractivity contribution in [2.75, 3.05) is 36.0 Å². The molecule has 2 aliphatic heterocycles. The number of carbonyl (C=O) groups excluding carboxylic acids is 2. The molecule has 1 aromatic heterocycles. The third-order valence-electron chi connectivity index (χ3n) is 6.08. The van der Waals surface area contributed by atoms with Gasteiger partial charge >= 0.3 is 6.09 Å². The van der Waals surface area contributed by atoms with E-state index in [1.807, 2.05) is 0 Å². The highest BCUT2D eigenvalue weighted by molar-refractivity contribution is 5.89. The van der Waals surface area contributed by atoms with Gasteiger partial charge in [-0.15, -0.1) is 5.10 Å². The van der Waals surface area contributed by atoms with Crippen molar-refractivity contribution in [2.45, 2.75) is 18.9 Å². The van der Waals surface area contributed by atoms with Crippen molar-refractivity contribution in [2.24, 2.45) is 18.9 Å². The quantitative estimate of drug-likeness (QED) is 0.765. The fraction of sp³-hybridized carbons (Fsp3) is 0.526. The van der Waals surface area contributed by atoms with Gasteiger partial charge in [0.1, 0.15) is 11.9 Å². The van der Waals surface area contributed by atoms with Crippen LogP contribution in [-0.2, 0) is 16.6 Å². The number of hydrogen-bond donors (Lipinski definition) is 1. The Morgan fingerprint density at radius 2 is 2.07 bits per heavy atom. The molecule has 3 fully saturated rings. The minimum atomic E-state index is -0.534. The van der Waals surface area contributed by atoms with Crippen LogP contribution in [0.25, 0.3) is 0 Å². The molecule has 0 bridgehead atoms. The highest BCUT2D eigenvalue weighted by Crippen LogP contribution is 2.59. The molecule has 5 rings (SSSR count). The van der Waals surface area contributed by atoms with Gasteiger partial charge in [-0.25, -0.2) is 9.18 Å². The molecule has 158 valence electrons. The van der Waals surface area contributed by atoms with Gasteiger partial charge in [-0.1, -0.05) is 11.2 Å². The molecule has 0 radical (unpaired) electrons. The molecule has 4 atom stereocenters. The standard InChI is InChI=1S/C19H22FN7O3/c1-10(28)21-6-12-7-27(19(29)30-12)11-3-4-13(16(20)5-11)17-14-8-26(9-15(14)17)18-22-24-25(2)23-18/h3-5,12,14-15,17H,6-9H2,1-2H3,(H,21,28)/t12-,14-,15+,17?/m0/s1. The number of cyclic esters (lactones) is 1. The van der Waals surface area contributed by atoms with E-state index in [1.54, 1.807) is 19.2 Å². The maximum atomic E-state index is 14.9. The largest absolute Gasteiger partial charge is 0.442 e. The minimum absolute atomic E-state index is 0.171. The second-order valence-corrected chi connectivity index (χ2v) is 8.10. The second kappa shape index (κ2) is 6.92. The molecule has 2 aromatic rings. The summed E-state index contributed by atoms with van der Waals surface area (Å²) in [7, 11) is 1.73. The van der Waals surface area contributed by atoms with Crippen LogP contribution in [0.3, 0.4) is 0 Å². The minimum Gasteiger partial charge on any atom is -0.442 e. The number of hydrogen-bond acceptors (Lipinski definition) is 7. The lowest BCUT2D eigenvalue weighted by Gasteiger charge is -2.18. The van der Waals surface area contributed by atoms with Crippen LogP contribution < -0.4 is 15.1 Å². The number of rotatable bonds is 5. The van der Waals surface area contributed by atoms with Crippen LogP contribution in [0, 0.1) is 17.7 Å². The zero-order valence-electron chi connectivity index (χ0n) is 16.7. The van der Waals surface area contributed by atoms with Crippen LogP contribution in [-0.4, -0.2) is 64.5 Å². The van der Waals surface area contributed by atoms with E-state index >= 15 is 0 Å². The third kappa shape index (κ3) is 3.23. The Morgan fingerprint density at radius 1 is 1.30 bits per heavy atom.